The zero-order chi connectivity index (χ0) is 11.5. The van der Waals surface area contributed by atoms with Crippen molar-refractivity contribution in [2.24, 2.45) is 0 Å². The fourth-order valence-corrected chi connectivity index (χ4v) is 2.84. The van der Waals surface area contributed by atoms with Crippen molar-refractivity contribution in [1.82, 2.24) is 10.2 Å². The topological polar surface area (TPSA) is 15.3 Å². The lowest BCUT2D eigenvalue weighted by Crippen LogP contribution is -2.51. The first-order valence-corrected chi connectivity index (χ1v) is 6.51. The van der Waals surface area contributed by atoms with Crippen LogP contribution >= 0.6 is 0 Å². The Kier molecular flexibility index (Phi) is 4.60. The summed E-state index contributed by atoms with van der Waals surface area (Å²) in [5.74, 6) is 0. The SMILES string of the molecule is CCNC(C)(C)CN1C(C)CCC1CC. The van der Waals surface area contributed by atoms with Gasteiger partial charge in [-0.25, -0.2) is 0 Å². The van der Waals surface area contributed by atoms with Gasteiger partial charge in [-0.1, -0.05) is 13.8 Å². The van der Waals surface area contributed by atoms with Crippen LogP contribution in [0.5, 0.6) is 0 Å². The molecule has 90 valence electrons. The highest BCUT2D eigenvalue weighted by Crippen LogP contribution is 2.27. The van der Waals surface area contributed by atoms with Crippen LogP contribution in [0.1, 0.15) is 53.9 Å². The number of likely N-dealkylation sites (N-methyl/N-ethyl adjacent to an activating group) is 1. The predicted octanol–water partition coefficient (Wildman–Crippen LogP) is 2.64. The van der Waals surface area contributed by atoms with Gasteiger partial charge in [0.1, 0.15) is 0 Å². The van der Waals surface area contributed by atoms with E-state index in [2.05, 4.69) is 44.8 Å². The fraction of sp³-hybridized carbons (Fsp3) is 1.00. The van der Waals surface area contributed by atoms with Gasteiger partial charge in [-0.05, 0) is 46.6 Å². The number of nitrogens with zero attached hydrogens (tertiary/aromatic N) is 1. The van der Waals surface area contributed by atoms with E-state index in [0.717, 1.165) is 18.6 Å². The van der Waals surface area contributed by atoms with Crippen molar-refractivity contribution in [3.8, 4) is 0 Å². The van der Waals surface area contributed by atoms with E-state index in [1.807, 2.05) is 0 Å². The molecule has 2 nitrogen and oxygen atoms in total. The molecule has 0 amide bonds. The Morgan fingerprint density at radius 1 is 1.27 bits per heavy atom. The lowest BCUT2D eigenvalue weighted by molar-refractivity contribution is 0.148. The Balaban J connectivity index is 2.54. The van der Waals surface area contributed by atoms with Crippen LogP contribution in [0.4, 0.5) is 0 Å². The highest BCUT2D eigenvalue weighted by atomic mass is 15.2. The maximum absolute atomic E-state index is 3.57. The number of hydrogen-bond donors (Lipinski definition) is 1. The Morgan fingerprint density at radius 2 is 1.93 bits per heavy atom. The molecule has 1 heterocycles. The molecule has 0 bridgehead atoms. The third-order valence-electron chi connectivity index (χ3n) is 3.66. The van der Waals surface area contributed by atoms with Crippen LogP contribution in [0, 0.1) is 0 Å². The molecular formula is C13H28N2. The molecule has 15 heavy (non-hydrogen) atoms. The highest BCUT2D eigenvalue weighted by molar-refractivity contribution is 4.90. The van der Waals surface area contributed by atoms with Crippen molar-refractivity contribution < 1.29 is 0 Å². The zero-order valence-electron chi connectivity index (χ0n) is 11.1. The van der Waals surface area contributed by atoms with Gasteiger partial charge in [0.25, 0.3) is 0 Å². The summed E-state index contributed by atoms with van der Waals surface area (Å²) in [4.78, 5) is 2.70. The molecule has 1 aliphatic heterocycles. The zero-order valence-corrected chi connectivity index (χ0v) is 11.1. The molecule has 1 N–H and O–H groups in total. The van der Waals surface area contributed by atoms with Gasteiger partial charge >= 0.3 is 0 Å². The third-order valence-corrected chi connectivity index (χ3v) is 3.66. The monoisotopic (exact) mass is 212 g/mol. The molecule has 0 spiro atoms. The van der Waals surface area contributed by atoms with E-state index in [-0.39, 0.29) is 5.54 Å². The lowest BCUT2D eigenvalue weighted by atomic mass is 10.0. The number of hydrogen-bond acceptors (Lipinski definition) is 2. The second kappa shape index (κ2) is 5.31. The van der Waals surface area contributed by atoms with Gasteiger partial charge in [0.05, 0.1) is 0 Å². The second-order valence-electron chi connectivity index (χ2n) is 5.57. The summed E-state index contributed by atoms with van der Waals surface area (Å²) in [6.07, 6.45) is 4.06. The van der Waals surface area contributed by atoms with Gasteiger partial charge in [-0.15, -0.1) is 0 Å². The first-order chi connectivity index (χ1) is 7.00. The Hall–Kier alpha value is -0.0800. The average Bonchev–Trinajstić information content (AvgIpc) is 2.47. The maximum atomic E-state index is 3.57. The van der Waals surface area contributed by atoms with Crippen LogP contribution < -0.4 is 5.32 Å². The summed E-state index contributed by atoms with van der Waals surface area (Å²) in [5.41, 5.74) is 0.251. The first-order valence-electron chi connectivity index (χ1n) is 6.51. The molecule has 1 aliphatic rings. The van der Waals surface area contributed by atoms with E-state index < -0.39 is 0 Å². The molecule has 0 radical (unpaired) electrons. The van der Waals surface area contributed by atoms with E-state index in [1.54, 1.807) is 0 Å². The van der Waals surface area contributed by atoms with E-state index in [9.17, 15) is 0 Å². The largest absolute Gasteiger partial charge is 0.311 e. The number of rotatable bonds is 5. The molecule has 2 atom stereocenters. The molecule has 0 aromatic carbocycles. The molecule has 1 rings (SSSR count). The quantitative estimate of drug-likeness (QED) is 0.753. The van der Waals surface area contributed by atoms with Crippen molar-refractivity contribution in [1.29, 1.82) is 0 Å². The van der Waals surface area contributed by atoms with E-state index in [4.69, 9.17) is 0 Å². The Labute approximate surface area is 95.4 Å². The van der Waals surface area contributed by atoms with Crippen LogP contribution in [-0.4, -0.2) is 35.6 Å². The Morgan fingerprint density at radius 3 is 2.47 bits per heavy atom. The summed E-state index contributed by atoms with van der Waals surface area (Å²) in [6, 6.07) is 1.59. The number of likely N-dealkylation sites (tertiary alicyclic amines) is 1. The summed E-state index contributed by atoms with van der Waals surface area (Å²) < 4.78 is 0. The summed E-state index contributed by atoms with van der Waals surface area (Å²) in [5, 5.41) is 3.57. The minimum Gasteiger partial charge on any atom is -0.311 e. The van der Waals surface area contributed by atoms with Gasteiger partial charge in [0.2, 0.25) is 0 Å². The molecule has 0 saturated carbocycles. The molecule has 0 aliphatic carbocycles. The average molecular weight is 212 g/mol. The molecule has 2 unspecified atom stereocenters. The highest BCUT2D eigenvalue weighted by Gasteiger charge is 2.32. The number of nitrogens with one attached hydrogen (secondary N) is 1. The van der Waals surface area contributed by atoms with Crippen molar-refractivity contribution in [3.05, 3.63) is 0 Å². The van der Waals surface area contributed by atoms with Crippen LogP contribution in [-0.2, 0) is 0 Å². The molecule has 1 fully saturated rings. The Bertz CT molecular complexity index is 189. The maximum Gasteiger partial charge on any atom is 0.0252 e. The lowest BCUT2D eigenvalue weighted by Gasteiger charge is -2.36. The third kappa shape index (κ3) is 3.46. The second-order valence-corrected chi connectivity index (χ2v) is 5.57. The molecule has 0 aromatic heterocycles. The van der Waals surface area contributed by atoms with Gasteiger partial charge in [-0.3, -0.25) is 4.90 Å². The van der Waals surface area contributed by atoms with Crippen LogP contribution in [0.3, 0.4) is 0 Å². The van der Waals surface area contributed by atoms with E-state index in [0.29, 0.717) is 0 Å². The smallest absolute Gasteiger partial charge is 0.0252 e. The van der Waals surface area contributed by atoms with Gasteiger partial charge in [0, 0.05) is 24.2 Å². The molecule has 0 aromatic rings. The summed E-state index contributed by atoms with van der Waals surface area (Å²) in [6.45, 7) is 13.7. The van der Waals surface area contributed by atoms with E-state index >= 15 is 0 Å². The molecule has 2 heteroatoms. The van der Waals surface area contributed by atoms with Crippen molar-refractivity contribution in [2.75, 3.05) is 13.1 Å². The predicted molar refractivity (Wildman–Crippen MR) is 67.2 cm³/mol. The van der Waals surface area contributed by atoms with Crippen LogP contribution in [0.15, 0.2) is 0 Å². The van der Waals surface area contributed by atoms with Crippen LogP contribution in [0.25, 0.3) is 0 Å². The van der Waals surface area contributed by atoms with Crippen molar-refractivity contribution in [3.63, 3.8) is 0 Å². The van der Waals surface area contributed by atoms with Crippen molar-refractivity contribution >= 4 is 0 Å². The van der Waals surface area contributed by atoms with E-state index in [1.165, 1.54) is 25.8 Å². The normalized spacial score (nSPS) is 28.6. The van der Waals surface area contributed by atoms with Crippen LogP contribution in [0.2, 0.25) is 0 Å². The fourth-order valence-electron chi connectivity index (χ4n) is 2.84. The molecule has 1 saturated heterocycles. The standard InChI is InChI=1S/C13H28N2/c1-6-12-9-8-11(3)15(12)10-13(4,5)14-7-2/h11-12,14H,6-10H2,1-5H3. The van der Waals surface area contributed by atoms with Gasteiger partial charge in [0.15, 0.2) is 0 Å². The minimum absolute atomic E-state index is 0.251. The van der Waals surface area contributed by atoms with Gasteiger partial charge in [-0.2, -0.15) is 0 Å². The summed E-state index contributed by atoms with van der Waals surface area (Å²) in [7, 11) is 0. The van der Waals surface area contributed by atoms with Crippen molar-refractivity contribution in [2.45, 2.75) is 71.5 Å². The minimum atomic E-state index is 0.251. The summed E-state index contributed by atoms with van der Waals surface area (Å²) >= 11 is 0. The van der Waals surface area contributed by atoms with Gasteiger partial charge < -0.3 is 5.32 Å². The first kappa shape index (κ1) is 13.0. The molecular weight excluding hydrogens is 184 g/mol.